The summed E-state index contributed by atoms with van der Waals surface area (Å²) in [5, 5.41) is 10.9. The predicted molar refractivity (Wildman–Crippen MR) is 124 cm³/mol. The summed E-state index contributed by atoms with van der Waals surface area (Å²) < 4.78 is 13.7. The Kier molecular flexibility index (Phi) is 6.67. The van der Waals surface area contributed by atoms with Crippen molar-refractivity contribution in [3.8, 4) is 11.4 Å². The molecule has 30 heavy (non-hydrogen) atoms. The Labute approximate surface area is 188 Å². The van der Waals surface area contributed by atoms with Gasteiger partial charge in [-0.2, -0.15) is 0 Å². The smallest absolute Gasteiger partial charge is 0.265 e. The van der Waals surface area contributed by atoms with Crippen molar-refractivity contribution in [1.29, 1.82) is 0 Å². The molecule has 1 unspecified atom stereocenters. The lowest BCUT2D eigenvalue weighted by molar-refractivity contribution is 0.00465. The Balaban J connectivity index is 1.53. The lowest BCUT2D eigenvalue weighted by atomic mass is 10.2. The molecule has 2 heterocycles. The largest absolute Gasteiger partial charge is 0.491 e. The van der Waals surface area contributed by atoms with E-state index in [-0.39, 0.29) is 12.2 Å². The molecule has 4 rings (SSSR count). The average molecular weight is 521 g/mol. The Morgan fingerprint density at radius 1 is 1.23 bits per heavy atom. The second-order valence-electron chi connectivity index (χ2n) is 7.34. The molecule has 158 valence electrons. The third-order valence-electron chi connectivity index (χ3n) is 5.09. The maximum Gasteiger partial charge on any atom is 0.265 e. The number of hydrogen-bond acceptors (Lipinski definition) is 6. The van der Waals surface area contributed by atoms with Crippen LogP contribution < -0.4 is 10.3 Å². The van der Waals surface area contributed by atoms with Crippen molar-refractivity contribution >= 4 is 33.5 Å². The zero-order chi connectivity index (χ0) is 21.1. The molecule has 1 aliphatic rings. The maximum absolute atomic E-state index is 13.1. The van der Waals surface area contributed by atoms with Crippen LogP contribution in [0.1, 0.15) is 5.82 Å². The van der Waals surface area contributed by atoms with Gasteiger partial charge in [0.15, 0.2) is 0 Å². The van der Waals surface area contributed by atoms with Crippen molar-refractivity contribution in [3.05, 3.63) is 62.2 Å². The number of halogens is 1. The number of aliphatic hydroxyl groups is 1. The molecule has 1 atom stereocenters. The summed E-state index contributed by atoms with van der Waals surface area (Å²) in [5.74, 6) is 1.21. The minimum absolute atomic E-state index is 0.111. The summed E-state index contributed by atoms with van der Waals surface area (Å²) in [4.78, 5) is 19.9. The molecule has 1 aromatic heterocycles. The lowest BCUT2D eigenvalue weighted by Crippen LogP contribution is -2.42. The summed E-state index contributed by atoms with van der Waals surface area (Å²) in [5.41, 5.74) is 1.26. The fourth-order valence-electron chi connectivity index (χ4n) is 3.61. The van der Waals surface area contributed by atoms with Gasteiger partial charge in [0.2, 0.25) is 0 Å². The van der Waals surface area contributed by atoms with E-state index in [0.717, 1.165) is 16.7 Å². The highest BCUT2D eigenvalue weighted by Crippen LogP contribution is 2.19. The molecule has 0 radical (unpaired) electrons. The Hall–Kier alpha value is -2.01. The van der Waals surface area contributed by atoms with E-state index in [0.29, 0.717) is 47.9 Å². The van der Waals surface area contributed by atoms with Crippen LogP contribution in [0.2, 0.25) is 0 Å². The van der Waals surface area contributed by atoms with Crippen molar-refractivity contribution in [2.45, 2.75) is 13.0 Å². The standard InChI is InChI=1S/C22H24IN3O4/c1-15-24-21-6-5-16(23)11-20(21)22(28)26(15)17-3-2-4-19(12-17)30-14-18(27)13-25-7-9-29-10-8-25/h2-6,11-12,18,27H,7-10,13-14H2,1H3. The van der Waals surface area contributed by atoms with Crippen LogP contribution in [0, 0.1) is 10.5 Å². The highest BCUT2D eigenvalue weighted by atomic mass is 127. The Morgan fingerprint density at radius 2 is 2.03 bits per heavy atom. The number of rotatable bonds is 6. The van der Waals surface area contributed by atoms with E-state index >= 15 is 0 Å². The van der Waals surface area contributed by atoms with Gasteiger partial charge in [0, 0.05) is 29.3 Å². The SMILES string of the molecule is Cc1nc2ccc(I)cc2c(=O)n1-c1cccc(OCC(O)CN2CCOCC2)c1. The van der Waals surface area contributed by atoms with Crippen LogP contribution in [0.4, 0.5) is 0 Å². The number of β-amino-alcohol motifs (C(OH)–C–C–N with tert-alkyl or cyclic N) is 1. The number of hydrogen-bond donors (Lipinski definition) is 1. The molecule has 0 bridgehead atoms. The fourth-order valence-corrected chi connectivity index (χ4v) is 4.10. The summed E-state index contributed by atoms with van der Waals surface area (Å²) >= 11 is 2.19. The summed E-state index contributed by atoms with van der Waals surface area (Å²) in [6.07, 6.45) is -0.597. The van der Waals surface area contributed by atoms with E-state index < -0.39 is 6.10 Å². The molecule has 8 heteroatoms. The first-order valence-corrected chi connectivity index (χ1v) is 11.0. The second kappa shape index (κ2) is 9.42. The van der Waals surface area contributed by atoms with Gasteiger partial charge in [-0.1, -0.05) is 6.07 Å². The second-order valence-corrected chi connectivity index (χ2v) is 8.58. The van der Waals surface area contributed by atoms with Gasteiger partial charge in [-0.15, -0.1) is 0 Å². The average Bonchev–Trinajstić information content (AvgIpc) is 2.74. The minimum Gasteiger partial charge on any atom is -0.491 e. The highest BCUT2D eigenvalue weighted by molar-refractivity contribution is 14.1. The molecule has 1 fully saturated rings. The van der Waals surface area contributed by atoms with Gasteiger partial charge < -0.3 is 14.6 Å². The number of aliphatic hydroxyl groups excluding tert-OH is 1. The van der Waals surface area contributed by atoms with Crippen molar-refractivity contribution in [2.24, 2.45) is 0 Å². The molecule has 7 nitrogen and oxygen atoms in total. The van der Waals surface area contributed by atoms with E-state index in [1.54, 1.807) is 10.6 Å². The summed E-state index contributed by atoms with van der Waals surface area (Å²) in [6, 6.07) is 13.0. The lowest BCUT2D eigenvalue weighted by Gasteiger charge is -2.28. The van der Waals surface area contributed by atoms with Crippen molar-refractivity contribution < 1.29 is 14.6 Å². The predicted octanol–water partition coefficient (Wildman–Crippen LogP) is 2.37. The molecule has 0 aliphatic carbocycles. The van der Waals surface area contributed by atoms with Crippen LogP contribution in [-0.4, -0.2) is 65.1 Å². The number of aryl methyl sites for hydroxylation is 1. The monoisotopic (exact) mass is 521 g/mol. The van der Waals surface area contributed by atoms with Gasteiger partial charge in [-0.05, 0) is 59.8 Å². The number of benzene rings is 2. The normalized spacial score (nSPS) is 16.0. The zero-order valence-electron chi connectivity index (χ0n) is 16.8. The molecule has 1 aliphatic heterocycles. The maximum atomic E-state index is 13.1. The molecule has 0 spiro atoms. The summed E-state index contributed by atoms with van der Waals surface area (Å²) in [6.45, 7) is 5.59. The van der Waals surface area contributed by atoms with Crippen LogP contribution in [0.15, 0.2) is 47.3 Å². The Morgan fingerprint density at radius 3 is 2.83 bits per heavy atom. The first-order chi connectivity index (χ1) is 14.5. The number of ether oxygens (including phenoxy) is 2. The van der Waals surface area contributed by atoms with Crippen molar-refractivity contribution in [2.75, 3.05) is 39.5 Å². The number of fused-ring (bicyclic) bond motifs is 1. The van der Waals surface area contributed by atoms with Crippen molar-refractivity contribution in [3.63, 3.8) is 0 Å². The molecular weight excluding hydrogens is 497 g/mol. The molecule has 2 aromatic carbocycles. The van der Waals surface area contributed by atoms with Crippen LogP contribution in [0.5, 0.6) is 5.75 Å². The summed E-state index contributed by atoms with van der Waals surface area (Å²) in [7, 11) is 0. The highest BCUT2D eigenvalue weighted by Gasteiger charge is 2.16. The number of aromatic nitrogens is 2. The zero-order valence-corrected chi connectivity index (χ0v) is 18.9. The quantitative estimate of drug-likeness (QED) is 0.503. The molecule has 1 saturated heterocycles. The van der Waals surface area contributed by atoms with Crippen LogP contribution in [-0.2, 0) is 4.74 Å². The van der Waals surface area contributed by atoms with Gasteiger partial charge in [0.05, 0.1) is 29.8 Å². The topological polar surface area (TPSA) is 76.8 Å². The van der Waals surface area contributed by atoms with E-state index in [9.17, 15) is 9.90 Å². The van der Waals surface area contributed by atoms with E-state index in [2.05, 4.69) is 32.5 Å². The molecular formula is C22H24IN3O4. The molecule has 3 aromatic rings. The third-order valence-corrected chi connectivity index (χ3v) is 5.76. The Bertz CT molecular complexity index is 1100. The number of nitrogens with zero attached hydrogens (tertiary/aromatic N) is 3. The number of morpholine rings is 1. The fraction of sp³-hybridized carbons (Fsp3) is 0.364. The van der Waals surface area contributed by atoms with Crippen LogP contribution >= 0.6 is 22.6 Å². The van der Waals surface area contributed by atoms with E-state index in [1.807, 2.05) is 43.3 Å². The van der Waals surface area contributed by atoms with Gasteiger partial charge in [-0.3, -0.25) is 14.3 Å². The third kappa shape index (κ3) is 4.83. The van der Waals surface area contributed by atoms with E-state index in [1.165, 1.54) is 0 Å². The molecule has 1 N–H and O–H groups in total. The minimum atomic E-state index is -0.597. The van der Waals surface area contributed by atoms with Gasteiger partial charge >= 0.3 is 0 Å². The first kappa shape index (κ1) is 21.2. The first-order valence-electron chi connectivity index (χ1n) is 9.91. The van der Waals surface area contributed by atoms with Crippen LogP contribution in [0.25, 0.3) is 16.6 Å². The van der Waals surface area contributed by atoms with Gasteiger partial charge in [-0.25, -0.2) is 4.98 Å². The van der Waals surface area contributed by atoms with E-state index in [4.69, 9.17) is 9.47 Å². The van der Waals surface area contributed by atoms with Crippen LogP contribution in [0.3, 0.4) is 0 Å². The van der Waals surface area contributed by atoms with Crippen molar-refractivity contribution in [1.82, 2.24) is 14.5 Å². The van der Waals surface area contributed by atoms with Gasteiger partial charge in [0.1, 0.15) is 24.3 Å². The van der Waals surface area contributed by atoms with Gasteiger partial charge in [0.25, 0.3) is 5.56 Å². The molecule has 0 saturated carbocycles. The molecule has 0 amide bonds.